The lowest BCUT2D eigenvalue weighted by molar-refractivity contribution is 1.18. The van der Waals surface area contributed by atoms with Gasteiger partial charge in [0, 0.05) is 37.5 Å². The van der Waals surface area contributed by atoms with Crippen molar-refractivity contribution in [2.75, 3.05) is 4.90 Å². The number of anilines is 3. The fourth-order valence-corrected chi connectivity index (χ4v) is 9.87. The van der Waals surface area contributed by atoms with Crippen LogP contribution in [0.25, 0.3) is 80.7 Å². The van der Waals surface area contributed by atoms with Gasteiger partial charge in [-0.25, -0.2) is 0 Å². The number of benzene rings is 9. The van der Waals surface area contributed by atoms with Crippen LogP contribution in [0.5, 0.6) is 0 Å². The molecule has 2 nitrogen and oxygen atoms in total. The van der Waals surface area contributed by atoms with Gasteiger partial charge in [-0.05, 0) is 76.0 Å². The van der Waals surface area contributed by atoms with Crippen LogP contribution in [0.1, 0.15) is 0 Å². The van der Waals surface area contributed by atoms with Crippen molar-refractivity contribution in [3.8, 4) is 27.9 Å². The van der Waals surface area contributed by atoms with Crippen molar-refractivity contribution in [1.82, 2.24) is 4.57 Å². The summed E-state index contributed by atoms with van der Waals surface area (Å²) < 4.78 is 4.97. The quantitative estimate of drug-likeness (QED) is 0.166. The van der Waals surface area contributed by atoms with E-state index in [-0.39, 0.29) is 0 Å². The van der Waals surface area contributed by atoms with Crippen molar-refractivity contribution in [1.29, 1.82) is 0 Å². The fraction of sp³-hybridized carbons (Fsp3) is 0. The topological polar surface area (TPSA) is 8.17 Å². The first-order valence-corrected chi connectivity index (χ1v) is 19.6. The monoisotopic (exact) mass is 718 g/mol. The van der Waals surface area contributed by atoms with E-state index < -0.39 is 0 Å². The summed E-state index contributed by atoms with van der Waals surface area (Å²) in [6.07, 6.45) is 0. The Bertz CT molecular complexity index is 3200. The van der Waals surface area contributed by atoms with Crippen molar-refractivity contribution in [2.45, 2.75) is 0 Å². The van der Waals surface area contributed by atoms with E-state index >= 15 is 0 Å². The minimum atomic E-state index is 1.13. The molecule has 0 N–H and O–H groups in total. The van der Waals surface area contributed by atoms with Gasteiger partial charge < -0.3 is 9.47 Å². The second-order valence-electron chi connectivity index (χ2n) is 14.0. The summed E-state index contributed by atoms with van der Waals surface area (Å²) in [7, 11) is 0. The third-order valence-electron chi connectivity index (χ3n) is 11.0. The van der Waals surface area contributed by atoms with E-state index in [1.807, 2.05) is 11.3 Å². The van der Waals surface area contributed by atoms with E-state index in [9.17, 15) is 0 Å². The molecule has 0 bridgehead atoms. The van der Waals surface area contributed by atoms with Crippen molar-refractivity contribution in [3.05, 3.63) is 206 Å². The molecule has 9 aromatic carbocycles. The van der Waals surface area contributed by atoms with Gasteiger partial charge in [-0.15, -0.1) is 11.3 Å². The molecule has 11 aromatic rings. The molecule has 0 fully saturated rings. The summed E-state index contributed by atoms with van der Waals surface area (Å²) in [5.74, 6) is 0. The Morgan fingerprint density at radius 3 is 1.80 bits per heavy atom. The first-order valence-electron chi connectivity index (χ1n) is 18.8. The Balaban J connectivity index is 1.27. The minimum Gasteiger partial charge on any atom is -0.309 e. The fourth-order valence-electron chi connectivity index (χ4n) is 8.66. The lowest BCUT2D eigenvalue weighted by atomic mass is 9.90. The molecule has 0 spiro atoms. The first kappa shape index (κ1) is 31.6. The number of fused-ring (bicyclic) bond motifs is 7. The highest BCUT2D eigenvalue weighted by Crippen LogP contribution is 2.51. The summed E-state index contributed by atoms with van der Waals surface area (Å²) in [4.78, 5) is 2.54. The second-order valence-corrected chi connectivity index (χ2v) is 15.1. The molecule has 0 atom stereocenters. The highest BCUT2D eigenvalue weighted by molar-refractivity contribution is 7.26. The molecule has 0 saturated carbocycles. The molecule has 2 aromatic heterocycles. The number of aromatic nitrogens is 1. The Kier molecular flexibility index (Phi) is 7.39. The highest BCUT2D eigenvalue weighted by atomic mass is 32.1. The largest absolute Gasteiger partial charge is 0.309 e. The molecule has 11 rings (SSSR count). The van der Waals surface area contributed by atoms with Crippen LogP contribution in [0.15, 0.2) is 206 Å². The molecular formula is C52H34N2S. The van der Waals surface area contributed by atoms with Crippen molar-refractivity contribution in [2.24, 2.45) is 0 Å². The molecule has 0 aliphatic rings. The van der Waals surface area contributed by atoms with Gasteiger partial charge in [0.2, 0.25) is 0 Å². The van der Waals surface area contributed by atoms with Crippen LogP contribution in [0, 0.1) is 0 Å². The van der Waals surface area contributed by atoms with E-state index in [1.54, 1.807) is 0 Å². The van der Waals surface area contributed by atoms with Crippen LogP contribution in [-0.4, -0.2) is 4.57 Å². The molecule has 0 aliphatic heterocycles. The van der Waals surface area contributed by atoms with Crippen LogP contribution >= 0.6 is 11.3 Å². The average molecular weight is 719 g/mol. The maximum atomic E-state index is 2.54. The molecule has 0 radical (unpaired) electrons. The summed E-state index contributed by atoms with van der Waals surface area (Å²) in [6, 6.07) is 75.2. The third-order valence-corrected chi connectivity index (χ3v) is 12.2. The van der Waals surface area contributed by atoms with Gasteiger partial charge in [-0.2, -0.15) is 0 Å². The zero-order chi connectivity index (χ0) is 36.3. The maximum absolute atomic E-state index is 2.54. The SMILES string of the molecule is c1ccc(-c2cccc3cccc(-c4ccccc4N(c4cccc5c4sc4ccccc45)c4cccc5c4c4ccccc4n5-c4ccccc4)c23)cc1. The van der Waals surface area contributed by atoms with Crippen molar-refractivity contribution < 1.29 is 0 Å². The first-order chi connectivity index (χ1) is 27.3. The Labute approximate surface area is 323 Å². The number of rotatable bonds is 6. The van der Waals surface area contributed by atoms with E-state index in [4.69, 9.17) is 0 Å². The van der Waals surface area contributed by atoms with Gasteiger partial charge in [-0.3, -0.25) is 0 Å². The zero-order valence-corrected chi connectivity index (χ0v) is 30.7. The van der Waals surface area contributed by atoms with E-state index in [2.05, 4.69) is 216 Å². The zero-order valence-electron chi connectivity index (χ0n) is 29.9. The average Bonchev–Trinajstić information content (AvgIpc) is 3.81. The Hall–Kier alpha value is -6.94. The second kappa shape index (κ2) is 12.9. The molecule has 0 amide bonds. The normalized spacial score (nSPS) is 11.6. The highest BCUT2D eigenvalue weighted by Gasteiger charge is 2.26. The van der Waals surface area contributed by atoms with Crippen LogP contribution < -0.4 is 4.90 Å². The molecule has 3 heteroatoms. The van der Waals surface area contributed by atoms with Crippen LogP contribution in [0.4, 0.5) is 17.1 Å². The predicted molar refractivity (Wildman–Crippen MR) is 237 cm³/mol. The van der Waals surface area contributed by atoms with Crippen molar-refractivity contribution in [3.63, 3.8) is 0 Å². The Morgan fingerprint density at radius 2 is 0.945 bits per heavy atom. The van der Waals surface area contributed by atoms with Gasteiger partial charge in [0.05, 0.1) is 32.8 Å². The van der Waals surface area contributed by atoms with Gasteiger partial charge in [0.25, 0.3) is 0 Å². The smallest absolute Gasteiger partial charge is 0.0640 e. The molecule has 2 heterocycles. The number of hydrogen-bond acceptors (Lipinski definition) is 2. The molecule has 55 heavy (non-hydrogen) atoms. The minimum absolute atomic E-state index is 1.13. The molecular weight excluding hydrogens is 685 g/mol. The summed E-state index contributed by atoms with van der Waals surface area (Å²) in [5.41, 5.74) is 11.8. The molecule has 0 unspecified atom stereocenters. The van der Waals surface area contributed by atoms with Crippen LogP contribution in [0.3, 0.4) is 0 Å². The van der Waals surface area contributed by atoms with E-state index in [1.165, 1.54) is 80.7 Å². The van der Waals surface area contributed by atoms with Crippen LogP contribution in [-0.2, 0) is 0 Å². The number of hydrogen-bond donors (Lipinski definition) is 0. The van der Waals surface area contributed by atoms with Crippen molar-refractivity contribution >= 4 is 81.1 Å². The summed E-state index contributed by atoms with van der Waals surface area (Å²) in [6.45, 7) is 0. The number of thiophene rings is 1. The molecule has 0 saturated heterocycles. The lowest BCUT2D eigenvalue weighted by Crippen LogP contribution is -2.12. The van der Waals surface area contributed by atoms with Gasteiger partial charge in [0.15, 0.2) is 0 Å². The van der Waals surface area contributed by atoms with Gasteiger partial charge >= 0.3 is 0 Å². The Morgan fingerprint density at radius 1 is 0.364 bits per heavy atom. The maximum Gasteiger partial charge on any atom is 0.0640 e. The van der Waals surface area contributed by atoms with Crippen LogP contribution in [0.2, 0.25) is 0 Å². The summed E-state index contributed by atoms with van der Waals surface area (Å²) in [5, 5.41) is 7.48. The number of para-hydroxylation sites is 3. The predicted octanol–water partition coefficient (Wildman–Crippen LogP) is 15.1. The molecule has 0 aliphatic carbocycles. The number of nitrogens with zero attached hydrogens (tertiary/aromatic N) is 2. The van der Waals surface area contributed by atoms with Gasteiger partial charge in [0.1, 0.15) is 0 Å². The summed E-state index contributed by atoms with van der Waals surface area (Å²) >= 11 is 1.87. The molecule has 258 valence electrons. The van der Waals surface area contributed by atoms with E-state index in [0.29, 0.717) is 0 Å². The third kappa shape index (κ3) is 5.01. The van der Waals surface area contributed by atoms with E-state index in [0.717, 1.165) is 17.1 Å². The van der Waals surface area contributed by atoms with Gasteiger partial charge in [-0.1, -0.05) is 158 Å². The standard InChI is InChI=1S/C52H34N2S/c1-3-17-35(18-4-1)38-26-13-19-36-20-14-27-41(50(36)38)39-23-7-10-29-44(39)54(48-33-15-28-42-40-24-9-12-34-49(40)55-52(42)48)47-32-16-31-46-51(47)43-25-8-11-30-45(43)53(46)37-21-5-2-6-22-37/h1-34H. The lowest BCUT2D eigenvalue weighted by Gasteiger charge is -2.29.